The van der Waals surface area contributed by atoms with Crippen LogP contribution in [-0.2, 0) is 23.7 Å². The van der Waals surface area contributed by atoms with E-state index >= 15 is 0 Å². The second-order valence-electron chi connectivity index (χ2n) is 6.18. The Morgan fingerprint density at radius 1 is 1.17 bits per heavy atom. The van der Waals surface area contributed by atoms with Gasteiger partial charge in [-0.15, -0.1) is 11.8 Å². The van der Waals surface area contributed by atoms with Crippen LogP contribution in [0.2, 0.25) is 0 Å². The van der Waals surface area contributed by atoms with Crippen LogP contribution in [0.15, 0.2) is 35.2 Å². The molecule has 0 bridgehead atoms. The lowest BCUT2D eigenvalue weighted by molar-refractivity contribution is -0.187. The van der Waals surface area contributed by atoms with Crippen molar-refractivity contribution in [3.8, 4) is 0 Å². The van der Waals surface area contributed by atoms with Crippen LogP contribution in [-0.4, -0.2) is 49.0 Å². The molecule has 2 aliphatic heterocycles. The Kier molecular flexibility index (Phi) is 4.96. The van der Waals surface area contributed by atoms with Gasteiger partial charge < -0.3 is 18.9 Å². The van der Waals surface area contributed by atoms with Gasteiger partial charge in [0.25, 0.3) is 0 Å². The predicted molar refractivity (Wildman–Crippen MR) is 86.3 cm³/mol. The van der Waals surface area contributed by atoms with Crippen molar-refractivity contribution in [1.29, 1.82) is 0 Å². The maximum Gasteiger partial charge on any atom is 0.308 e. The molecule has 3 rings (SSSR count). The Labute approximate surface area is 140 Å². The number of hydrogen-bond donors (Lipinski definition) is 0. The summed E-state index contributed by atoms with van der Waals surface area (Å²) in [6, 6.07) is 10.2. The third-order valence-corrected chi connectivity index (χ3v) is 5.10. The van der Waals surface area contributed by atoms with Gasteiger partial charge >= 0.3 is 5.97 Å². The molecule has 23 heavy (non-hydrogen) atoms. The van der Waals surface area contributed by atoms with Gasteiger partial charge in [0.05, 0.1) is 25.7 Å². The van der Waals surface area contributed by atoms with Crippen molar-refractivity contribution in [3.05, 3.63) is 30.3 Å². The fourth-order valence-electron chi connectivity index (χ4n) is 3.01. The molecule has 126 valence electrons. The molecule has 0 spiro atoms. The van der Waals surface area contributed by atoms with Crippen LogP contribution in [0.5, 0.6) is 0 Å². The molecule has 1 aromatic rings. The van der Waals surface area contributed by atoms with Crippen LogP contribution in [0, 0.1) is 0 Å². The molecule has 0 saturated carbocycles. The number of hydrogen-bond acceptors (Lipinski definition) is 6. The summed E-state index contributed by atoms with van der Waals surface area (Å²) in [5.41, 5.74) is 0. The van der Waals surface area contributed by atoms with Gasteiger partial charge in [0, 0.05) is 10.6 Å². The molecule has 1 aromatic carbocycles. The molecule has 2 fully saturated rings. The first-order valence-corrected chi connectivity index (χ1v) is 8.73. The second-order valence-corrected chi connectivity index (χ2v) is 7.28. The molecule has 2 aliphatic rings. The highest BCUT2D eigenvalue weighted by atomic mass is 32.2. The molecular weight excluding hydrogens is 316 g/mol. The second kappa shape index (κ2) is 6.81. The van der Waals surface area contributed by atoms with Crippen LogP contribution >= 0.6 is 11.8 Å². The van der Waals surface area contributed by atoms with Crippen LogP contribution in [0.3, 0.4) is 0 Å². The number of thioether (sulfide) groups is 1. The summed E-state index contributed by atoms with van der Waals surface area (Å²) in [5.74, 6) is -0.191. The first kappa shape index (κ1) is 16.8. The molecule has 2 saturated heterocycles. The highest BCUT2D eigenvalue weighted by Crippen LogP contribution is 2.41. The topological polar surface area (TPSA) is 54.0 Å². The van der Waals surface area contributed by atoms with Crippen molar-refractivity contribution in [1.82, 2.24) is 0 Å². The highest BCUT2D eigenvalue weighted by molar-refractivity contribution is 7.99. The molecule has 0 N–H and O–H groups in total. The zero-order chi connectivity index (χ0) is 16.4. The van der Waals surface area contributed by atoms with Crippen LogP contribution in [0.1, 0.15) is 20.3 Å². The Morgan fingerprint density at radius 3 is 2.48 bits per heavy atom. The van der Waals surface area contributed by atoms with Crippen molar-refractivity contribution in [3.63, 3.8) is 0 Å². The van der Waals surface area contributed by atoms with E-state index in [1.54, 1.807) is 11.8 Å². The molecule has 5 nitrogen and oxygen atoms in total. The molecule has 4 atom stereocenters. The van der Waals surface area contributed by atoms with Crippen LogP contribution < -0.4 is 0 Å². The van der Waals surface area contributed by atoms with E-state index in [2.05, 4.69) is 12.1 Å². The third kappa shape index (κ3) is 3.88. The summed E-state index contributed by atoms with van der Waals surface area (Å²) >= 11 is 1.72. The Balaban J connectivity index is 1.66. The molecule has 2 heterocycles. The van der Waals surface area contributed by atoms with Gasteiger partial charge in [-0.05, 0) is 26.0 Å². The summed E-state index contributed by atoms with van der Waals surface area (Å²) in [5, 5.41) is 0. The van der Waals surface area contributed by atoms with Crippen molar-refractivity contribution in [2.75, 3.05) is 12.9 Å². The van der Waals surface area contributed by atoms with Gasteiger partial charge in [-0.3, -0.25) is 4.79 Å². The highest BCUT2D eigenvalue weighted by Gasteiger charge is 2.55. The van der Waals surface area contributed by atoms with E-state index < -0.39 is 5.79 Å². The van der Waals surface area contributed by atoms with Gasteiger partial charge in [-0.25, -0.2) is 0 Å². The first-order chi connectivity index (χ1) is 11.0. The SMILES string of the molecule is COC(=O)C[C@@H]1O[C@H](CSc2ccccc2)[C@H]2OC(C)(C)O[C@H]21. The minimum atomic E-state index is -0.650. The number of carbonyl (C=O) groups is 1. The van der Waals surface area contributed by atoms with Crippen molar-refractivity contribution in [2.45, 2.75) is 55.4 Å². The molecule has 0 radical (unpaired) electrons. The van der Waals surface area contributed by atoms with Crippen molar-refractivity contribution < 1.29 is 23.7 Å². The summed E-state index contributed by atoms with van der Waals surface area (Å²) in [4.78, 5) is 12.8. The van der Waals surface area contributed by atoms with E-state index in [1.807, 2.05) is 32.0 Å². The lowest BCUT2D eigenvalue weighted by Gasteiger charge is -2.23. The fourth-order valence-corrected chi connectivity index (χ4v) is 3.99. The molecule has 0 amide bonds. The van der Waals surface area contributed by atoms with E-state index in [9.17, 15) is 4.79 Å². The summed E-state index contributed by atoms with van der Waals surface area (Å²) in [6.07, 6.45) is -0.637. The molecule has 0 aliphatic carbocycles. The number of rotatable bonds is 5. The van der Waals surface area contributed by atoms with E-state index in [4.69, 9.17) is 18.9 Å². The average molecular weight is 338 g/mol. The lowest BCUT2D eigenvalue weighted by atomic mass is 10.1. The third-order valence-electron chi connectivity index (χ3n) is 4.00. The summed E-state index contributed by atoms with van der Waals surface area (Å²) in [6.45, 7) is 3.78. The molecular formula is C17H22O5S. The van der Waals surface area contributed by atoms with Gasteiger partial charge in [0.1, 0.15) is 12.2 Å². The van der Waals surface area contributed by atoms with E-state index in [1.165, 1.54) is 12.0 Å². The normalized spacial score (nSPS) is 31.8. The standard InChI is InChI=1S/C17H22O5S/c1-17(2)21-15-12(9-14(18)19-3)20-13(16(15)22-17)10-23-11-7-5-4-6-8-11/h4-8,12-13,15-16H,9-10H2,1-3H3/t12-,13+,15-,16+/m0/s1. The fraction of sp³-hybridized carbons (Fsp3) is 0.588. The Morgan fingerprint density at radius 2 is 1.83 bits per heavy atom. The Hall–Kier alpha value is -1.08. The van der Waals surface area contributed by atoms with Crippen LogP contribution in [0.25, 0.3) is 0 Å². The number of methoxy groups -OCH3 is 1. The van der Waals surface area contributed by atoms with Gasteiger partial charge in [0.2, 0.25) is 0 Å². The number of esters is 1. The van der Waals surface area contributed by atoms with Gasteiger partial charge in [-0.1, -0.05) is 18.2 Å². The minimum Gasteiger partial charge on any atom is -0.469 e. The maximum atomic E-state index is 11.6. The maximum absolute atomic E-state index is 11.6. The van der Waals surface area contributed by atoms with E-state index in [0.29, 0.717) is 0 Å². The number of ether oxygens (including phenoxy) is 4. The summed E-state index contributed by atoms with van der Waals surface area (Å²) < 4.78 is 22.8. The Bertz CT molecular complexity index is 547. The molecule has 0 aromatic heterocycles. The number of fused-ring (bicyclic) bond motifs is 1. The molecule has 0 unspecified atom stereocenters. The first-order valence-electron chi connectivity index (χ1n) is 7.74. The monoisotopic (exact) mass is 338 g/mol. The molecule has 6 heteroatoms. The quantitative estimate of drug-likeness (QED) is 0.608. The van der Waals surface area contributed by atoms with Crippen molar-refractivity contribution in [2.24, 2.45) is 0 Å². The van der Waals surface area contributed by atoms with Crippen LogP contribution in [0.4, 0.5) is 0 Å². The van der Waals surface area contributed by atoms with Gasteiger partial charge in [0.15, 0.2) is 5.79 Å². The zero-order valence-corrected chi connectivity index (χ0v) is 14.4. The average Bonchev–Trinajstić information content (AvgIpc) is 3.00. The largest absolute Gasteiger partial charge is 0.469 e. The van der Waals surface area contributed by atoms with E-state index in [-0.39, 0.29) is 36.8 Å². The predicted octanol–water partition coefficient (Wildman–Crippen LogP) is 2.63. The lowest BCUT2D eigenvalue weighted by Crippen LogP contribution is -2.31. The summed E-state index contributed by atoms with van der Waals surface area (Å²) in [7, 11) is 1.38. The van der Waals surface area contributed by atoms with E-state index in [0.717, 1.165) is 5.75 Å². The zero-order valence-electron chi connectivity index (χ0n) is 13.6. The smallest absolute Gasteiger partial charge is 0.308 e. The number of carbonyl (C=O) groups excluding carboxylic acids is 1. The van der Waals surface area contributed by atoms with Gasteiger partial charge in [-0.2, -0.15) is 0 Å². The number of benzene rings is 1. The minimum absolute atomic E-state index is 0.110. The van der Waals surface area contributed by atoms with Crippen molar-refractivity contribution >= 4 is 17.7 Å².